The highest BCUT2D eigenvalue weighted by atomic mass is 32.2. The number of carbonyl (C=O) groups is 2. The average molecular weight is 148 g/mol. The molecule has 0 aliphatic rings. The van der Waals surface area contributed by atoms with Gasteiger partial charge in [0.05, 0.1) is 0 Å². The van der Waals surface area contributed by atoms with Gasteiger partial charge < -0.3 is 5.11 Å². The van der Waals surface area contributed by atoms with Gasteiger partial charge >= 0.3 is 5.97 Å². The molecule has 0 fully saturated rings. The van der Waals surface area contributed by atoms with Crippen molar-refractivity contribution in [1.29, 1.82) is 0 Å². The van der Waals surface area contributed by atoms with Crippen molar-refractivity contribution in [2.24, 2.45) is 0 Å². The molecule has 0 bridgehead atoms. The number of rotatable bonds is 2. The summed E-state index contributed by atoms with van der Waals surface area (Å²) in [6, 6.07) is 0. The smallest absolute Gasteiger partial charge is 0.316 e. The second kappa shape index (κ2) is 3.50. The lowest BCUT2D eigenvalue weighted by Crippen LogP contribution is -2.12. The highest BCUT2D eigenvalue weighted by molar-refractivity contribution is 8.14. The lowest BCUT2D eigenvalue weighted by atomic mass is 10.5. The topological polar surface area (TPSA) is 54.4 Å². The minimum atomic E-state index is -0.949. The second-order valence-corrected chi connectivity index (χ2v) is 3.11. The van der Waals surface area contributed by atoms with Gasteiger partial charge in [-0.15, -0.1) is 0 Å². The molecule has 0 heterocycles. The fourth-order valence-corrected chi connectivity index (χ4v) is 0.898. The highest BCUT2D eigenvalue weighted by Crippen LogP contribution is 2.09. The van der Waals surface area contributed by atoms with Crippen molar-refractivity contribution >= 4 is 22.8 Å². The van der Waals surface area contributed by atoms with E-state index < -0.39 is 11.2 Å². The van der Waals surface area contributed by atoms with Crippen molar-refractivity contribution in [2.45, 2.75) is 19.1 Å². The number of aliphatic carboxylic acids is 1. The number of carboxylic acid groups (broad SMARTS) is 1. The molecule has 0 radical (unpaired) electrons. The van der Waals surface area contributed by atoms with Crippen LogP contribution in [-0.2, 0) is 9.59 Å². The van der Waals surface area contributed by atoms with Gasteiger partial charge in [-0.1, -0.05) is 11.8 Å². The van der Waals surface area contributed by atoms with Gasteiger partial charge in [-0.05, 0) is 6.92 Å². The quantitative estimate of drug-likeness (QED) is 0.627. The second-order valence-electron chi connectivity index (χ2n) is 1.59. The van der Waals surface area contributed by atoms with Gasteiger partial charge in [-0.3, -0.25) is 9.59 Å². The molecule has 0 saturated carbocycles. The van der Waals surface area contributed by atoms with E-state index in [-0.39, 0.29) is 5.12 Å². The normalized spacial score (nSPS) is 12.7. The Bertz CT molecular complexity index is 132. The molecule has 0 aliphatic heterocycles. The van der Waals surface area contributed by atoms with Gasteiger partial charge in [-0.25, -0.2) is 0 Å². The summed E-state index contributed by atoms with van der Waals surface area (Å²) in [6.07, 6.45) is 0. The Morgan fingerprint density at radius 3 is 2.11 bits per heavy atom. The number of carbonyl (C=O) groups excluding carboxylic acids is 1. The summed E-state index contributed by atoms with van der Waals surface area (Å²) in [5.74, 6) is -0.949. The van der Waals surface area contributed by atoms with E-state index in [0.717, 1.165) is 11.8 Å². The zero-order valence-electron chi connectivity index (χ0n) is 5.25. The SMILES string of the molecule is CC(=O)SC(C)C(=O)O. The third kappa shape index (κ3) is 4.02. The summed E-state index contributed by atoms with van der Waals surface area (Å²) >= 11 is 0.824. The summed E-state index contributed by atoms with van der Waals surface area (Å²) in [5.41, 5.74) is 0. The van der Waals surface area contributed by atoms with Crippen molar-refractivity contribution in [2.75, 3.05) is 0 Å². The van der Waals surface area contributed by atoms with Crippen LogP contribution in [0.1, 0.15) is 13.8 Å². The molecule has 0 aromatic heterocycles. The van der Waals surface area contributed by atoms with Crippen LogP contribution < -0.4 is 0 Å². The van der Waals surface area contributed by atoms with Gasteiger partial charge in [0.25, 0.3) is 0 Å². The molecular formula is C5H8O3S. The first-order chi connectivity index (χ1) is 4.04. The molecule has 0 aromatic carbocycles. The Hall–Kier alpha value is -0.510. The molecule has 0 aromatic rings. The summed E-state index contributed by atoms with van der Waals surface area (Å²) < 4.78 is 0. The van der Waals surface area contributed by atoms with E-state index in [2.05, 4.69) is 0 Å². The number of carboxylic acids is 1. The Morgan fingerprint density at radius 1 is 1.56 bits per heavy atom. The van der Waals surface area contributed by atoms with Gasteiger partial charge in [-0.2, -0.15) is 0 Å². The molecule has 4 heteroatoms. The molecule has 0 amide bonds. The van der Waals surface area contributed by atoms with Crippen molar-refractivity contribution in [3.8, 4) is 0 Å². The molecule has 0 rings (SSSR count). The Labute approximate surface area is 57.4 Å². The standard InChI is InChI=1S/C5H8O3S/c1-3(5(7)8)9-4(2)6/h3H,1-2H3,(H,7,8). The molecule has 1 atom stereocenters. The molecule has 0 spiro atoms. The van der Waals surface area contributed by atoms with Crippen LogP contribution in [0.15, 0.2) is 0 Å². The maximum absolute atomic E-state index is 10.3. The van der Waals surface area contributed by atoms with E-state index in [1.165, 1.54) is 13.8 Å². The number of hydrogen-bond acceptors (Lipinski definition) is 3. The number of thioether (sulfide) groups is 1. The Balaban J connectivity index is 3.63. The van der Waals surface area contributed by atoms with Crippen LogP contribution in [0, 0.1) is 0 Å². The van der Waals surface area contributed by atoms with Crippen LogP contribution in [0.25, 0.3) is 0 Å². The average Bonchev–Trinajstić information content (AvgIpc) is 1.63. The van der Waals surface area contributed by atoms with Crippen LogP contribution in [-0.4, -0.2) is 21.4 Å². The fourth-order valence-electron chi connectivity index (χ4n) is 0.299. The first-order valence-corrected chi connectivity index (χ1v) is 3.32. The summed E-state index contributed by atoms with van der Waals surface area (Å²) in [5, 5.41) is 7.47. The van der Waals surface area contributed by atoms with Crippen molar-refractivity contribution < 1.29 is 14.7 Å². The zero-order valence-corrected chi connectivity index (χ0v) is 6.07. The van der Waals surface area contributed by atoms with Crippen LogP contribution in [0.3, 0.4) is 0 Å². The van der Waals surface area contributed by atoms with Gasteiger partial charge in [0, 0.05) is 6.92 Å². The minimum Gasteiger partial charge on any atom is -0.480 e. The van der Waals surface area contributed by atoms with E-state index >= 15 is 0 Å². The van der Waals surface area contributed by atoms with Crippen molar-refractivity contribution in [3.05, 3.63) is 0 Å². The van der Waals surface area contributed by atoms with E-state index in [4.69, 9.17) is 5.11 Å². The van der Waals surface area contributed by atoms with E-state index in [9.17, 15) is 9.59 Å². The first-order valence-electron chi connectivity index (χ1n) is 2.44. The van der Waals surface area contributed by atoms with Crippen LogP contribution in [0.4, 0.5) is 0 Å². The van der Waals surface area contributed by atoms with Crippen molar-refractivity contribution in [1.82, 2.24) is 0 Å². The largest absolute Gasteiger partial charge is 0.480 e. The first kappa shape index (κ1) is 8.49. The molecular weight excluding hydrogens is 140 g/mol. The summed E-state index contributed by atoms with van der Waals surface area (Å²) in [4.78, 5) is 20.3. The molecule has 0 aliphatic carbocycles. The van der Waals surface area contributed by atoms with Crippen LogP contribution in [0.5, 0.6) is 0 Å². The minimum absolute atomic E-state index is 0.162. The molecule has 52 valence electrons. The summed E-state index contributed by atoms with van der Waals surface area (Å²) in [7, 11) is 0. The monoisotopic (exact) mass is 148 g/mol. The third-order valence-corrected chi connectivity index (χ3v) is 1.58. The molecule has 9 heavy (non-hydrogen) atoms. The van der Waals surface area contributed by atoms with E-state index in [0.29, 0.717) is 0 Å². The zero-order chi connectivity index (χ0) is 7.44. The van der Waals surface area contributed by atoms with Crippen LogP contribution >= 0.6 is 11.8 Å². The van der Waals surface area contributed by atoms with Gasteiger partial charge in [0.1, 0.15) is 5.25 Å². The van der Waals surface area contributed by atoms with Crippen LogP contribution in [0.2, 0.25) is 0 Å². The Kier molecular flexibility index (Phi) is 3.30. The third-order valence-electron chi connectivity index (χ3n) is 0.691. The maximum Gasteiger partial charge on any atom is 0.316 e. The summed E-state index contributed by atoms with van der Waals surface area (Å²) in [6.45, 7) is 2.83. The predicted octanol–water partition coefficient (Wildman–Crippen LogP) is 0.739. The van der Waals surface area contributed by atoms with E-state index in [1.54, 1.807) is 0 Å². The van der Waals surface area contributed by atoms with Crippen molar-refractivity contribution in [3.63, 3.8) is 0 Å². The molecule has 1 unspecified atom stereocenters. The lowest BCUT2D eigenvalue weighted by Gasteiger charge is -1.99. The molecule has 1 N–H and O–H groups in total. The molecule has 0 saturated heterocycles. The number of hydrogen-bond donors (Lipinski definition) is 1. The lowest BCUT2D eigenvalue weighted by molar-refractivity contribution is -0.136. The predicted molar refractivity (Wildman–Crippen MR) is 35.4 cm³/mol. The van der Waals surface area contributed by atoms with E-state index in [1.807, 2.05) is 0 Å². The van der Waals surface area contributed by atoms with Gasteiger partial charge in [0.2, 0.25) is 0 Å². The Morgan fingerprint density at radius 2 is 2.00 bits per heavy atom. The molecule has 3 nitrogen and oxygen atoms in total. The fraction of sp³-hybridized carbons (Fsp3) is 0.600. The highest BCUT2D eigenvalue weighted by Gasteiger charge is 2.12. The van der Waals surface area contributed by atoms with Gasteiger partial charge in [0.15, 0.2) is 5.12 Å². The maximum atomic E-state index is 10.3.